The molecule has 0 amide bonds. The zero-order valence-corrected chi connectivity index (χ0v) is 42.1. The smallest absolute Gasteiger partial charge is 0.387 e. The van der Waals surface area contributed by atoms with Gasteiger partial charge in [-0.25, -0.2) is 42.8 Å². The van der Waals surface area contributed by atoms with Gasteiger partial charge in [-0.1, -0.05) is 4.98 Å². The van der Waals surface area contributed by atoms with Gasteiger partial charge in [0.1, 0.15) is 66.3 Å². The van der Waals surface area contributed by atoms with Gasteiger partial charge in [0.15, 0.2) is 41.4 Å². The number of aromatic amines is 2. The molecule has 15 N–H and O–H groups in total. The Morgan fingerprint density at radius 3 is 2.13 bits per heavy atom. The standard InChI is InChI=1S/C33H43N15O24P4/c1-45-10-48(25-15(45)27(53)44-32(36)42-25)30-20-21(51)33(69-30,5-63-20)6-66-75(58,59)72-76(60,61)71-74(56,57)65-4-12-18(19(62-2)29(68-12)46-8-39-13-22(34)37-7-38-23(13)46)70-73(54,55)64-3-11-16(49)17(50)28(67-11)47-9-40-14-24(47)41-31(35)43-26(14)52/h7-12,16-21,28-30,49-51H,3-6H2,1-2H3,(H11-,34,35,36,37,38,41,42,43,44,52,53,54,55,56,57,58,59,60,61)/p+1/t11-,12-,16?,17+,18+,19?,20+,21?,28-,29-,30-,33-/m1/s1. The van der Waals surface area contributed by atoms with Crippen LogP contribution in [0.15, 0.2) is 34.9 Å². The van der Waals surface area contributed by atoms with Gasteiger partial charge in [0.2, 0.25) is 17.7 Å². The van der Waals surface area contributed by atoms with Gasteiger partial charge in [0.05, 0.1) is 46.1 Å². The fourth-order valence-electron chi connectivity index (χ4n) is 8.95. The molecule has 16 atom stereocenters. The Balaban J connectivity index is 0.810. The molecule has 43 heteroatoms. The zero-order valence-electron chi connectivity index (χ0n) is 38.6. The molecule has 414 valence electrons. The number of phosphoric ester groups is 3. The second-order valence-electron chi connectivity index (χ2n) is 17.2. The number of aliphatic hydroxyl groups is 3. The molecule has 0 radical (unpaired) electrons. The minimum Gasteiger partial charge on any atom is -0.387 e. The van der Waals surface area contributed by atoms with Crippen LogP contribution >= 0.6 is 31.3 Å². The normalized spacial score (nSPS) is 31.8. The summed E-state index contributed by atoms with van der Waals surface area (Å²) in [6, 6.07) is 0. The van der Waals surface area contributed by atoms with E-state index in [1.54, 1.807) is 0 Å². The van der Waals surface area contributed by atoms with Crippen molar-refractivity contribution in [1.29, 1.82) is 0 Å². The van der Waals surface area contributed by atoms with Crippen molar-refractivity contribution in [3.63, 3.8) is 0 Å². The van der Waals surface area contributed by atoms with Gasteiger partial charge in [-0.3, -0.25) is 51.4 Å². The Hall–Kier alpha value is -5.15. The third-order valence-electron chi connectivity index (χ3n) is 12.3. The van der Waals surface area contributed by atoms with Crippen LogP contribution in [0.3, 0.4) is 0 Å². The number of hydrogen-bond acceptors (Lipinski definition) is 29. The summed E-state index contributed by atoms with van der Waals surface area (Å²) in [4.78, 5) is 96.3. The maximum absolute atomic E-state index is 13.7. The number of rotatable bonds is 19. The van der Waals surface area contributed by atoms with Crippen molar-refractivity contribution >= 4 is 82.5 Å². The lowest BCUT2D eigenvalue weighted by molar-refractivity contribution is -0.752. The third kappa shape index (κ3) is 10.0. The Kier molecular flexibility index (Phi) is 14.0. The van der Waals surface area contributed by atoms with Crippen LogP contribution in [0.5, 0.6) is 0 Å². The quantitative estimate of drug-likeness (QED) is 0.0270. The van der Waals surface area contributed by atoms with Crippen molar-refractivity contribution in [2.45, 2.75) is 73.1 Å². The number of nitrogens with two attached hydrogens (primary N) is 3. The zero-order chi connectivity index (χ0) is 54.6. The number of nitrogens with zero attached hydrogens (tertiary/aromatic N) is 10. The molecule has 4 saturated heterocycles. The number of anilines is 3. The van der Waals surface area contributed by atoms with Crippen molar-refractivity contribution in [1.82, 2.24) is 53.6 Å². The summed E-state index contributed by atoms with van der Waals surface area (Å²) in [6.07, 6.45) is -12.8. The highest BCUT2D eigenvalue weighted by Gasteiger charge is 2.64. The average Bonchev–Trinajstić information content (AvgIpc) is 4.21. The van der Waals surface area contributed by atoms with Crippen LogP contribution in [0.2, 0.25) is 0 Å². The van der Waals surface area contributed by atoms with E-state index in [1.165, 1.54) is 27.1 Å². The van der Waals surface area contributed by atoms with E-state index in [-0.39, 0.29) is 51.2 Å². The van der Waals surface area contributed by atoms with E-state index in [9.17, 15) is 62.7 Å². The van der Waals surface area contributed by atoms with Gasteiger partial charge in [-0.2, -0.15) is 13.6 Å². The van der Waals surface area contributed by atoms with E-state index >= 15 is 0 Å². The molecule has 39 nitrogen and oxygen atoms in total. The van der Waals surface area contributed by atoms with E-state index in [1.807, 2.05) is 0 Å². The summed E-state index contributed by atoms with van der Waals surface area (Å²) in [5.41, 5.74) is 13.8. The van der Waals surface area contributed by atoms with Crippen molar-refractivity contribution < 1.29 is 108 Å². The Bertz CT molecular complexity index is 3560. The minimum absolute atomic E-state index is 0.00568. The molecule has 0 spiro atoms. The largest absolute Gasteiger partial charge is 0.490 e. The molecule has 4 fully saturated rings. The first kappa shape index (κ1) is 54.2. The average molecular weight is 1160 g/mol. The molecule has 10 rings (SSSR count). The molecule has 6 aromatic heterocycles. The van der Waals surface area contributed by atoms with Gasteiger partial charge in [0, 0.05) is 7.11 Å². The lowest BCUT2D eigenvalue weighted by Crippen LogP contribution is -2.50. The number of imidazole rings is 3. The number of methoxy groups -OCH3 is 1. The highest BCUT2D eigenvalue weighted by molar-refractivity contribution is 7.66. The fourth-order valence-corrected chi connectivity index (χ4v) is 13.5. The first-order valence-corrected chi connectivity index (χ1v) is 27.6. The lowest BCUT2D eigenvalue weighted by Gasteiger charge is -2.29. The van der Waals surface area contributed by atoms with Gasteiger partial charge in [-0.05, 0) is 0 Å². The number of fused-ring (bicyclic) bond motifs is 5. The minimum atomic E-state index is -6.19. The van der Waals surface area contributed by atoms with E-state index in [2.05, 4.69) is 48.5 Å². The molecular weight excluding hydrogens is 1110 g/mol. The number of aromatic nitrogens is 12. The number of phosphoric acid groups is 4. The Morgan fingerprint density at radius 1 is 0.776 bits per heavy atom. The number of H-pyrrole nitrogens is 2. The molecule has 10 heterocycles. The second-order valence-corrected chi connectivity index (χ2v) is 23.2. The van der Waals surface area contributed by atoms with Crippen LogP contribution in [-0.4, -0.2) is 176 Å². The maximum atomic E-state index is 13.7. The second kappa shape index (κ2) is 19.6. The SMILES string of the molecule is COC1[C@@H](OP(=O)(O)OC[C@H]2O[C@@H](n3cnc4c(=O)[nH]c(N)nc43)[C@@H](O)C2O)[C@@H](COP(=O)(O)OP(=O)(O)OP(=O)(O)OC[C@]23CO[C@@H](C2O)[C@H]([n+]2cn(C)c4c(=O)[nH]c(N)nc42)O3)O[C@H]1n1cnc2c(N)ncnc21. The summed E-state index contributed by atoms with van der Waals surface area (Å²) in [5.74, 6) is -0.650. The number of aliphatic hydroxyl groups excluding tert-OH is 3. The topological polar surface area (TPSA) is 551 Å². The van der Waals surface area contributed by atoms with Crippen molar-refractivity contribution in [2.24, 2.45) is 7.05 Å². The van der Waals surface area contributed by atoms with E-state index in [0.717, 1.165) is 30.7 Å². The molecule has 0 aromatic carbocycles. The van der Waals surface area contributed by atoms with Crippen molar-refractivity contribution in [3.8, 4) is 0 Å². The molecule has 0 aliphatic carbocycles. The molecule has 76 heavy (non-hydrogen) atoms. The van der Waals surface area contributed by atoms with E-state index in [0.29, 0.717) is 0 Å². The maximum Gasteiger partial charge on any atom is 0.490 e. The van der Waals surface area contributed by atoms with E-state index in [4.69, 9.17) is 59.0 Å². The number of nitrogen functional groups attached to an aromatic ring is 3. The van der Waals surface area contributed by atoms with Crippen molar-refractivity contribution in [2.75, 3.05) is 50.7 Å². The number of hydrogen-bond donors (Lipinski definition) is 12. The van der Waals surface area contributed by atoms with Crippen LogP contribution in [0.25, 0.3) is 33.5 Å². The molecular formula is C33H44N15O24P4+. The van der Waals surface area contributed by atoms with Crippen LogP contribution < -0.4 is 32.9 Å². The Labute approximate surface area is 420 Å². The van der Waals surface area contributed by atoms with Gasteiger partial charge in [0.25, 0.3) is 17.1 Å². The molecule has 2 bridgehead atoms. The van der Waals surface area contributed by atoms with Crippen LogP contribution in [0, 0.1) is 0 Å². The van der Waals surface area contributed by atoms with Crippen LogP contribution in [0.1, 0.15) is 18.7 Å². The number of nitrogens with one attached hydrogen (secondary N) is 2. The van der Waals surface area contributed by atoms with Crippen LogP contribution in [-0.2, 0) is 75.7 Å². The van der Waals surface area contributed by atoms with Crippen molar-refractivity contribution in [3.05, 3.63) is 46.0 Å². The summed E-state index contributed by atoms with van der Waals surface area (Å²) in [5, 5.41) is 32.9. The molecule has 4 aliphatic heterocycles. The number of ether oxygens (including phenoxy) is 5. The number of aryl methyl sites for hydroxylation is 1. The first-order chi connectivity index (χ1) is 35.7. The Morgan fingerprint density at radius 2 is 1.41 bits per heavy atom. The first-order valence-electron chi connectivity index (χ1n) is 21.6. The monoisotopic (exact) mass is 1160 g/mol. The summed E-state index contributed by atoms with van der Waals surface area (Å²) in [6.45, 7) is -3.77. The third-order valence-corrected chi connectivity index (χ3v) is 17.5. The highest BCUT2D eigenvalue weighted by atomic mass is 31.3. The predicted molar refractivity (Wildman–Crippen MR) is 242 cm³/mol. The van der Waals surface area contributed by atoms with E-state index < -0.39 is 142 Å². The lowest BCUT2D eigenvalue weighted by atomic mass is 10.0. The van der Waals surface area contributed by atoms with Gasteiger partial charge < -0.3 is 75.8 Å². The molecule has 0 saturated carbocycles. The summed E-state index contributed by atoms with van der Waals surface area (Å²) < 4.78 is 116. The summed E-state index contributed by atoms with van der Waals surface area (Å²) in [7, 11) is -20.8. The predicted octanol–water partition coefficient (Wildman–Crippen LogP) is -4.30. The molecule has 4 aliphatic rings. The fraction of sp³-hybridized carbons (Fsp3) is 0.545. The molecule has 6 aromatic rings. The van der Waals surface area contributed by atoms with Gasteiger partial charge >= 0.3 is 36.9 Å². The molecule has 7 unspecified atom stereocenters. The van der Waals surface area contributed by atoms with Gasteiger partial charge in [-0.15, -0.1) is 0 Å². The highest BCUT2D eigenvalue weighted by Crippen LogP contribution is 2.68. The van der Waals surface area contributed by atoms with Crippen LogP contribution in [0.4, 0.5) is 17.7 Å². The summed E-state index contributed by atoms with van der Waals surface area (Å²) >= 11 is 0.